The van der Waals surface area contributed by atoms with Gasteiger partial charge < -0.3 is 5.11 Å². The second-order valence-electron chi connectivity index (χ2n) is 3.87. The Morgan fingerprint density at radius 1 is 1.00 bits per heavy atom. The van der Waals surface area contributed by atoms with Crippen molar-refractivity contribution in [3.8, 4) is 0 Å². The zero-order chi connectivity index (χ0) is 12.3. The van der Waals surface area contributed by atoms with Gasteiger partial charge in [0.25, 0.3) is 0 Å². The van der Waals surface area contributed by atoms with E-state index in [1.54, 1.807) is 6.07 Å². The topological polar surface area (TPSA) is 20.2 Å². The number of halogens is 2. The number of hydrogen-bond acceptors (Lipinski definition) is 1. The molecule has 0 spiro atoms. The lowest BCUT2D eigenvalue weighted by Crippen LogP contribution is -2.02. The first-order valence-electron chi connectivity index (χ1n) is 5.34. The van der Waals surface area contributed by atoms with Crippen LogP contribution in [0.2, 0.25) is 10.0 Å². The predicted octanol–water partition coefficient (Wildman–Crippen LogP) is 4.27. The van der Waals surface area contributed by atoms with Crippen LogP contribution in [-0.4, -0.2) is 5.11 Å². The van der Waals surface area contributed by atoms with E-state index in [2.05, 4.69) is 0 Å². The summed E-state index contributed by atoms with van der Waals surface area (Å²) in [7, 11) is 0. The Labute approximate surface area is 111 Å². The molecule has 3 heteroatoms. The smallest absolute Gasteiger partial charge is 0.0844 e. The standard InChI is InChI=1S/C14H12Cl2O/c15-11-5-3-4-10(8-11)9-14(17)12-6-1-2-7-13(12)16/h1-8,14,17H,9H2. The number of hydrogen-bond donors (Lipinski definition) is 1. The van der Waals surface area contributed by atoms with Crippen molar-refractivity contribution in [1.82, 2.24) is 0 Å². The molecule has 0 saturated heterocycles. The van der Waals surface area contributed by atoms with Crippen LogP contribution < -0.4 is 0 Å². The molecule has 0 amide bonds. The fourth-order valence-corrected chi connectivity index (χ4v) is 2.22. The summed E-state index contributed by atoms with van der Waals surface area (Å²) in [6.45, 7) is 0. The molecule has 0 fully saturated rings. The van der Waals surface area contributed by atoms with Crippen molar-refractivity contribution in [2.45, 2.75) is 12.5 Å². The lowest BCUT2D eigenvalue weighted by Gasteiger charge is -2.12. The largest absolute Gasteiger partial charge is 0.388 e. The van der Waals surface area contributed by atoms with E-state index in [0.29, 0.717) is 16.5 Å². The Morgan fingerprint density at radius 3 is 2.47 bits per heavy atom. The normalized spacial score (nSPS) is 12.4. The van der Waals surface area contributed by atoms with Crippen LogP contribution in [0.15, 0.2) is 48.5 Å². The van der Waals surface area contributed by atoms with Gasteiger partial charge in [-0.2, -0.15) is 0 Å². The summed E-state index contributed by atoms with van der Waals surface area (Å²) < 4.78 is 0. The van der Waals surface area contributed by atoms with Gasteiger partial charge >= 0.3 is 0 Å². The summed E-state index contributed by atoms with van der Waals surface area (Å²) in [6, 6.07) is 14.8. The summed E-state index contributed by atoms with van der Waals surface area (Å²) in [5, 5.41) is 11.4. The molecule has 2 rings (SSSR count). The third-order valence-corrected chi connectivity index (χ3v) is 3.16. The summed E-state index contributed by atoms with van der Waals surface area (Å²) in [5.41, 5.74) is 1.74. The summed E-state index contributed by atoms with van der Waals surface area (Å²) in [6.07, 6.45) is -0.105. The summed E-state index contributed by atoms with van der Waals surface area (Å²) in [4.78, 5) is 0. The van der Waals surface area contributed by atoms with E-state index in [0.717, 1.165) is 11.1 Å². The molecule has 0 saturated carbocycles. The van der Waals surface area contributed by atoms with Gasteiger partial charge in [0.1, 0.15) is 0 Å². The van der Waals surface area contributed by atoms with Crippen LogP contribution in [0.25, 0.3) is 0 Å². The predicted molar refractivity (Wildman–Crippen MR) is 71.6 cm³/mol. The highest BCUT2D eigenvalue weighted by Gasteiger charge is 2.11. The van der Waals surface area contributed by atoms with E-state index in [1.807, 2.05) is 42.5 Å². The maximum absolute atomic E-state index is 10.1. The van der Waals surface area contributed by atoms with Crippen molar-refractivity contribution in [1.29, 1.82) is 0 Å². The molecule has 0 bridgehead atoms. The first-order chi connectivity index (χ1) is 8.16. The lowest BCUT2D eigenvalue weighted by atomic mass is 10.0. The van der Waals surface area contributed by atoms with Gasteiger partial charge in [0.15, 0.2) is 0 Å². The van der Waals surface area contributed by atoms with Crippen LogP contribution in [-0.2, 0) is 6.42 Å². The first kappa shape index (κ1) is 12.4. The number of aliphatic hydroxyl groups excluding tert-OH is 1. The molecule has 1 N–H and O–H groups in total. The van der Waals surface area contributed by atoms with Crippen molar-refractivity contribution in [3.63, 3.8) is 0 Å². The van der Waals surface area contributed by atoms with Crippen LogP contribution in [0.4, 0.5) is 0 Å². The molecule has 0 radical (unpaired) electrons. The average Bonchev–Trinajstić information content (AvgIpc) is 2.29. The number of benzene rings is 2. The fourth-order valence-electron chi connectivity index (χ4n) is 1.74. The van der Waals surface area contributed by atoms with E-state index < -0.39 is 6.10 Å². The lowest BCUT2D eigenvalue weighted by molar-refractivity contribution is 0.178. The third-order valence-electron chi connectivity index (χ3n) is 2.58. The molecule has 1 atom stereocenters. The highest BCUT2D eigenvalue weighted by molar-refractivity contribution is 6.31. The Balaban J connectivity index is 2.17. The van der Waals surface area contributed by atoms with Gasteiger partial charge in [-0.15, -0.1) is 0 Å². The van der Waals surface area contributed by atoms with Crippen LogP contribution in [0.1, 0.15) is 17.2 Å². The number of aliphatic hydroxyl groups is 1. The van der Waals surface area contributed by atoms with Crippen LogP contribution in [0.3, 0.4) is 0 Å². The van der Waals surface area contributed by atoms with E-state index in [-0.39, 0.29) is 0 Å². The van der Waals surface area contributed by atoms with Crippen molar-refractivity contribution in [2.75, 3.05) is 0 Å². The molecular weight excluding hydrogens is 255 g/mol. The molecule has 17 heavy (non-hydrogen) atoms. The monoisotopic (exact) mass is 266 g/mol. The van der Waals surface area contributed by atoms with Gasteiger partial charge in [-0.25, -0.2) is 0 Å². The van der Waals surface area contributed by atoms with Gasteiger partial charge in [-0.3, -0.25) is 0 Å². The SMILES string of the molecule is OC(Cc1cccc(Cl)c1)c1ccccc1Cl. The van der Waals surface area contributed by atoms with Gasteiger partial charge in [0.2, 0.25) is 0 Å². The zero-order valence-corrected chi connectivity index (χ0v) is 10.6. The molecule has 0 heterocycles. The highest BCUT2D eigenvalue weighted by atomic mass is 35.5. The molecule has 2 aromatic carbocycles. The minimum atomic E-state index is -0.609. The van der Waals surface area contributed by atoms with E-state index >= 15 is 0 Å². The van der Waals surface area contributed by atoms with Gasteiger partial charge in [-0.1, -0.05) is 53.5 Å². The van der Waals surface area contributed by atoms with Gasteiger partial charge in [-0.05, 0) is 29.3 Å². The molecule has 88 valence electrons. The molecule has 0 aliphatic rings. The van der Waals surface area contributed by atoms with Crippen molar-refractivity contribution in [3.05, 3.63) is 69.7 Å². The second kappa shape index (κ2) is 5.54. The minimum Gasteiger partial charge on any atom is -0.388 e. The van der Waals surface area contributed by atoms with E-state index in [4.69, 9.17) is 23.2 Å². The molecule has 1 nitrogen and oxygen atoms in total. The molecule has 2 aromatic rings. The quantitative estimate of drug-likeness (QED) is 0.880. The Hall–Kier alpha value is -1.02. The van der Waals surface area contributed by atoms with Crippen molar-refractivity contribution in [2.24, 2.45) is 0 Å². The second-order valence-corrected chi connectivity index (χ2v) is 4.71. The van der Waals surface area contributed by atoms with Crippen LogP contribution in [0, 0.1) is 0 Å². The van der Waals surface area contributed by atoms with E-state index in [9.17, 15) is 5.11 Å². The fraction of sp³-hybridized carbons (Fsp3) is 0.143. The summed E-state index contributed by atoms with van der Waals surface area (Å²) >= 11 is 11.9. The molecule has 0 aromatic heterocycles. The molecular formula is C14H12Cl2O. The Kier molecular flexibility index (Phi) is 4.06. The first-order valence-corrected chi connectivity index (χ1v) is 6.09. The Bertz CT molecular complexity index is 511. The van der Waals surface area contributed by atoms with Crippen molar-refractivity contribution < 1.29 is 5.11 Å². The molecule has 0 aliphatic heterocycles. The number of rotatable bonds is 3. The maximum atomic E-state index is 10.1. The molecule has 1 unspecified atom stereocenters. The maximum Gasteiger partial charge on any atom is 0.0844 e. The Morgan fingerprint density at radius 2 is 1.76 bits per heavy atom. The summed E-state index contributed by atoms with van der Waals surface area (Å²) in [5.74, 6) is 0. The zero-order valence-electron chi connectivity index (χ0n) is 9.11. The van der Waals surface area contributed by atoms with Crippen molar-refractivity contribution >= 4 is 23.2 Å². The van der Waals surface area contributed by atoms with Gasteiger partial charge in [0, 0.05) is 16.5 Å². The van der Waals surface area contributed by atoms with Crippen LogP contribution >= 0.6 is 23.2 Å². The third kappa shape index (κ3) is 3.22. The highest BCUT2D eigenvalue weighted by Crippen LogP contribution is 2.26. The molecule has 0 aliphatic carbocycles. The van der Waals surface area contributed by atoms with Crippen LogP contribution in [0.5, 0.6) is 0 Å². The average molecular weight is 267 g/mol. The van der Waals surface area contributed by atoms with E-state index in [1.165, 1.54) is 0 Å². The minimum absolute atomic E-state index is 0.504. The van der Waals surface area contributed by atoms with Gasteiger partial charge in [0.05, 0.1) is 6.10 Å².